The Morgan fingerprint density at radius 2 is 1.53 bits per heavy atom. The molecule has 10 heteroatoms. The van der Waals surface area contributed by atoms with E-state index in [-0.39, 0.29) is 31.5 Å². The summed E-state index contributed by atoms with van der Waals surface area (Å²) in [4.78, 5) is 0. The molecule has 1 heterocycles. The zero-order chi connectivity index (χ0) is 21.9. The smallest absolute Gasteiger partial charge is 0.216 e. The number of nitrogens with two attached hydrogens (primary N) is 1. The predicted octanol–water partition coefficient (Wildman–Crippen LogP) is 4.39. The van der Waals surface area contributed by atoms with Crippen molar-refractivity contribution in [1.82, 2.24) is 4.31 Å². The van der Waals surface area contributed by atoms with Crippen LogP contribution in [0.1, 0.15) is 29.9 Å². The quantitative estimate of drug-likeness (QED) is 0.711. The number of rotatable bonds is 3. The van der Waals surface area contributed by atoms with E-state index in [1.807, 2.05) is 0 Å². The van der Waals surface area contributed by atoms with Gasteiger partial charge in [-0.1, -0.05) is 36.4 Å². The number of piperidine rings is 1. The van der Waals surface area contributed by atoms with Crippen LogP contribution in [0.3, 0.4) is 0 Å². The highest BCUT2D eigenvalue weighted by molar-refractivity contribution is 7.86. The van der Waals surface area contributed by atoms with Crippen molar-refractivity contribution in [3.63, 3.8) is 0 Å². The summed E-state index contributed by atoms with van der Waals surface area (Å²) in [6.45, 7) is -0.170. The van der Waals surface area contributed by atoms with Crippen molar-refractivity contribution >= 4 is 10.2 Å². The molecular formula is C20H19F5N2O2S. The Labute approximate surface area is 170 Å². The van der Waals surface area contributed by atoms with E-state index < -0.39 is 39.2 Å². The fourth-order valence-corrected chi connectivity index (χ4v) is 5.26. The van der Waals surface area contributed by atoms with Gasteiger partial charge in [0, 0.05) is 18.5 Å². The minimum atomic E-state index is -4.50. The molecule has 2 aliphatic rings. The number of hydrogen-bond donors (Lipinski definition) is 1. The molecule has 2 aromatic carbocycles. The van der Waals surface area contributed by atoms with Gasteiger partial charge in [-0.05, 0) is 41.7 Å². The summed E-state index contributed by atoms with van der Waals surface area (Å²) < 4.78 is 92.6. The first kappa shape index (κ1) is 21.2. The van der Waals surface area contributed by atoms with Gasteiger partial charge >= 0.3 is 6.18 Å². The van der Waals surface area contributed by atoms with Gasteiger partial charge in [-0.25, -0.2) is 13.9 Å². The van der Waals surface area contributed by atoms with E-state index in [4.69, 9.17) is 5.14 Å². The molecule has 4 nitrogen and oxygen atoms in total. The van der Waals surface area contributed by atoms with E-state index in [0.717, 1.165) is 16.4 Å². The zero-order valence-electron chi connectivity index (χ0n) is 15.7. The van der Waals surface area contributed by atoms with Crippen LogP contribution in [0.5, 0.6) is 0 Å². The van der Waals surface area contributed by atoms with E-state index in [0.29, 0.717) is 11.1 Å². The molecule has 162 valence electrons. The summed E-state index contributed by atoms with van der Waals surface area (Å²) in [5, 5.41) is 5.09. The van der Waals surface area contributed by atoms with Gasteiger partial charge in [0.2, 0.25) is 0 Å². The third kappa shape index (κ3) is 3.40. The third-order valence-electron chi connectivity index (χ3n) is 6.21. The van der Waals surface area contributed by atoms with Crippen LogP contribution in [-0.2, 0) is 16.4 Å². The van der Waals surface area contributed by atoms with Crippen LogP contribution in [0.4, 0.5) is 22.0 Å². The first-order valence-corrected chi connectivity index (χ1v) is 10.8. The largest absolute Gasteiger partial charge is 0.416 e. The van der Waals surface area contributed by atoms with E-state index in [1.54, 1.807) is 12.1 Å². The van der Waals surface area contributed by atoms with Crippen LogP contribution in [0.25, 0.3) is 11.1 Å². The first-order chi connectivity index (χ1) is 13.9. The number of hydrogen-bond acceptors (Lipinski definition) is 2. The van der Waals surface area contributed by atoms with Crippen molar-refractivity contribution in [2.45, 2.75) is 30.9 Å². The number of halogens is 5. The molecule has 30 heavy (non-hydrogen) atoms. The predicted molar refractivity (Wildman–Crippen MR) is 101 cm³/mol. The van der Waals surface area contributed by atoms with E-state index >= 15 is 0 Å². The van der Waals surface area contributed by atoms with Crippen molar-refractivity contribution in [3.05, 3.63) is 59.7 Å². The van der Waals surface area contributed by atoms with Gasteiger partial charge in [0.15, 0.2) is 0 Å². The third-order valence-corrected chi connectivity index (χ3v) is 7.30. The second-order valence-corrected chi connectivity index (χ2v) is 9.41. The number of nitrogens with zero attached hydrogens (tertiary/aromatic N) is 1. The fraction of sp³-hybridized carbons (Fsp3) is 0.400. The van der Waals surface area contributed by atoms with Crippen molar-refractivity contribution < 1.29 is 30.4 Å². The Hall–Kier alpha value is -2.04. The van der Waals surface area contributed by atoms with Gasteiger partial charge in [0.25, 0.3) is 16.1 Å². The van der Waals surface area contributed by atoms with Crippen LogP contribution >= 0.6 is 0 Å². The normalized spacial score (nSPS) is 23.5. The molecule has 0 aromatic heterocycles. The fourth-order valence-electron chi connectivity index (χ4n) is 4.57. The summed E-state index contributed by atoms with van der Waals surface area (Å²) >= 11 is 0. The molecule has 2 aromatic rings. The van der Waals surface area contributed by atoms with E-state index in [2.05, 4.69) is 0 Å². The van der Waals surface area contributed by atoms with Gasteiger partial charge in [0.05, 0.1) is 11.5 Å². The lowest BCUT2D eigenvalue weighted by Gasteiger charge is -2.30. The topological polar surface area (TPSA) is 63.4 Å². The molecule has 0 amide bonds. The lowest BCUT2D eigenvalue weighted by Crippen LogP contribution is -2.43. The highest BCUT2D eigenvalue weighted by Gasteiger charge is 2.80. The minimum Gasteiger partial charge on any atom is -0.216 e. The minimum absolute atomic E-state index is 0.0329. The van der Waals surface area contributed by atoms with Gasteiger partial charge in [0.1, 0.15) is 0 Å². The monoisotopic (exact) mass is 446 g/mol. The van der Waals surface area contributed by atoms with E-state index in [1.165, 1.54) is 24.3 Å². The summed E-state index contributed by atoms with van der Waals surface area (Å²) in [6, 6.07) is 10.9. The highest BCUT2D eigenvalue weighted by Crippen LogP contribution is 2.75. The van der Waals surface area contributed by atoms with Gasteiger partial charge in [-0.2, -0.15) is 25.9 Å². The van der Waals surface area contributed by atoms with Crippen molar-refractivity contribution in [3.8, 4) is 11.1 Å². The SMILES string of the molecule is NS(=O)(=O)N1CCC2(CC1)C(c1cccc(-c3cccc(C(F)(F)F)c3)c1)C2(F)F. The Balaban J connectivity index is 1.62. The van der Waals surface area contributed by atoms with Crippen molar-refractivity contribution in [2.24, 2.45) is 10.6 Å². The zero-order valence-corrected chi connectivity index (χ0v) is 16.5. The van der Waals surface area contributed by atoms with Crippen LogP contribution in [0.2, 0.25) is 0 Å². The van der Waals surface area contributed by atoms with Crippen LogP contribution in [0.15, 0.2) is 48.5 Å². The summed E-state index contributed by atoms with van der Waals surface area (Å²) in [7, 11) is -3.93. The average Bonchev–Trinajstić information content (AvgIpc) is 3.14. The molecule has 1 aliphatic heterocycles. The maximum absolute atomic E-state index is 14.9. The Kier molecular flexibility index (Phi) is 4.76. The lowest BCUT2D eigenvalue weighted by molar-refractivity contribution is -0.137. The molecule has 1 spiro atoms. The maximum atomic E-state index is 14.9. The molecular weight excluding hydrogens is 427 g/mol. The van der Waals surface area contributed by atoms with Gasteiger partial charge in [-0.3, -0.25) is 0 Å². The molecule has 2 fully saturated rings. The Bertz CT molecular complexity index is 1080. The lowest BCUT2D eigenvalue weighted by atomic mass is 9.88. The standard InChI is InChI=1S/C20H19F5N2O2S/c21-19(22)17(18(19)7-9-27(10-8-18)30(26,28)29)15-5-1-3-13(11-15)14-4-2-6-16(12-14)20(23,24)25/h1-6,11-12,17H,7-10H2,(H2,26,28,29). The van der Waals surface area contributed by atoms with Crippen molar-refractivity contribution in [2.75, 3.05) is 13.1 Å². The summed E-state index contributed by atoms with van der Waals surface area (Å²) in [5.74, 6) is -4.14. The molecule has 1 saturated carbocycles. The van der Waals surface area contributed by atoms with Gasteiger partial charge < -0.3 is 0 Å². The second-order valence-electron chi connectivity index (χ2n) is 7.86. The summed E-state index contributed by atoms with van der Waals surface area (Å²) in [5.41, 5.74) is -1.14. The number of alkyl halides is 5. The maximum Gasteiger partial charge on any atom is 0.416 e. The Morgan fingerprint density at radius 3 is 2.10 bits per heavy atom. The average molecular weight is 446 g/mol. The Morgan fingerprint density at radius 1 is 0.967 bits per heavy atom. The molecule has 1 aliphatic carbocycles. The molecule has 1 saturated heterocycles. The molecule has 1 unspecified atom stereocenters. The molecule has 0 radical (unpaired) electrons. The molecule has 2 N–H and O–H groups in total. The summed E-state index contributed by atoms with van der Waals surface area (Å²) in [6.07, 6.45) is -4.57. The molecule has 4 rings (SSSR count). The number of benzene rings is 2. The van der Waals surface area contributed by atoms with Crippen LogP contribution in [-0.4, -0.2) is 31.7 Å². The first-order valence-electron chi connectivity index (χ1n) is 9.29. The van der Waals surface area contributed by atoms with Gasteiger partial charge in [-0.15, -0.1) is 0 Å². The highest BCUT2D eigenvalue weighted by atomic mass is 32.2. The van der Waals surface area contributed by atoms with Crippen LogP contribution in [0, 0.1) is 5.41 Å². The van der Waals surface area contributed by atoms with Crippen molar-refractivity contribution in [1.29, 1.82) is 0 Å². The molecule has 1 atom stereocenters. The molecule has 0 bridgehead atoms. The second kappa shape index (κ2) is 6.73. The van der Waals surface area contributed by atoms with Crippen LogP contribution < -0.4 is 5.14 Å². The van der Waals surface area contributed by atoms with E-state index in [9.17, 15) is 30.4 Å².